The SMILES string of the molecule is CC(CCCl)S(=O)(=O)c1ncc([N+](=O)[O-])cc1Cl. The summed E-state index contributed by atoms with van der Waals surface area (Å²) in [7, 11) is -3.72. The van der Waals surface area contributed by atoms with Gasteiger partial charge in [-0.25, -0.2) is 13.4 Å². The number of rotatable bonds is 5. The first-order valence-corrected chi connectivity index (χ1v) is 7.36. The first kappa shape index (κ1) is 15.1. The number of pyridine rings is 1. The van der Waals surface area contributed by atoms with Gasteiger partial charge in [-0.3, -0.25) is 10.1 Å². The van der Waals surface area contributed by atoms with Crippen LogP contribution in [0.5, 0.6) is 0 Å². The van der Waals surface area contributed by atoms with Crippen LogP contribution in [0.25, 0.3) is 0 Å². The largest absolute Gasteiger partial charge is 0.289 e. The van der Waals surface area contributed by atoms with Gasteiger partial charge < -0.3 is 0 Å². The van der Waals surface area contributed by atoms with Crippen LogP contribution in [-0.4, -0.2) is 29.5 Å². The lowest BCUT2D eigenvalue weighted by atomic mass is 10.4. The Labute approximate surface area is 114 Å². The highest BCUT2D eigenvalue weighted by molar-refractivity contribution is 7.92. The predicted octanol–water partition coefficient (Wildman–Crippen LogP) is 2.43. The smallest absolute Gasteiger partial charge is 0.258 e. The van der Waals surface area contributed by atoms with Crippen LogP contribution in [0.3, 0.4) is 0 Å². The van der Waals surface area contributed by atoms with Crippen LogP contribution in [0.4, 0.5) is 5.69 Å². The molecule has 0 aliphatic carbocycles. The number of hydrogen-bond donors (Lipinski definition) is 0. The standard InChI is InChI=1S/C9H10Cl2N2O4S/c1-6(2-3-10)18(16,17)9-8(11)4-7(5-12-9)13(14)15/h4-6H,2-3H2,1H3. The fourth-order valence-corrected chi connectivity index (χ4v) is 3.50. The van der Waals surface area contributed by atoms with E-state index in [-0.39, 0.29) is 28.0 Å². The second-order valence-corrected chi connectivity index (χ2v) is 6.64. The summed E-state index contributed by atoms with van der Waals surface area (Å²) in [6, 6.07) is 0.967. The van der Waals surface area contributed by atoms with Crippen molar-refractivity contribution >= 4 is 38.7 Å². The Balaban J connectivity index is 3.22. The first-order chi connectivity index (χ1) is 8.30. The van der Waals surface area contributed by atoms with E-state index in [0.717, 1.165) is 12.3 Å². The molecule has 0 saturated carbocycles. The molecule has 18 heavy (non-hydrogen) atoms. The van der Waals surface area contributed by atoms with Crippen LogP contribution in [0.1, 0.15) is 13.3 Å². The molecule has 0 saturated heterocycles. The summed E-state index contributed by atoms with van der Waals surface area (Å²) < 4.78 is 24.1. The zero-order valence-corrected chi connectivity index (χ0v) is 11.7. The van der Waals surface area contributed by atoms with Gasteiger partial charge in [0.05, 0.1) is 15.2 Å². The quantitative estimate of drug-likeness (QED) is 0.473. The molecular formula is C9H10Cl2N2O4S. The fourth-order valence-electron chi connectivity index (χ4n) is 1.22. The fraction of sp³-hybridized carbons (Fsp3) is 0.444. The van der Waals surface area contributed by atoms with Crippen molar-refractivity contribution in [2.75, 3.05) is 5.88 Å². The summed E-state index contributed by atoms with van der Waals surface area (Å²) in [4.78, 5) is 13.4. The molecule has 0 spiro atoms. The Kier molecular flexibility index (Phi) is 4.89. The van der Waals surface area contributed by atoms with Crippen LogP contribution in [0.2, 0.25) is 5.02 Å². The van der Waals surface area contributed by atoms with E-state index in [1.807, 2.05) is 0 Å². The Hall–Kier alpha value is -0.920. The van der Waals surface area contributed by atoms with Crippen molar-refractivity contribution in [1.82, 2.24) is 4.98 Å². The van der Waals surface area contributed by atoms with Crippen LogP contribution in [-0.2, 0) is 9.84 Å². The third-order valence-corrected chi connectivity index (χ3v) is 5.10. The molecule has 9 heteroatoms. The Bertz CT molecular complexity index is 562. The van der Waals surface area contributed by atoms with E-state index < -0.39 is 20.0 Å². The molecule has 0 aliphatic heterocycles. The van der Waals surface area contributed by atoms with E-state index >= 15 is 0 Å². The zero-order chi connectivity index (χ0) is 13.9. The number of nitro groups is 1. The molecule has 1 aromatic heterocycles. The molecule has 0 N–H and O–H groups in total. The van der Waals surface area contributed by atoms with Gasteiger partial charge in [0.2, 0.25) is 0 Å². The van der Waals surface area contributed by atoms with Crippen molar-refractivity contribution < 1.29 is 13.3 Å². The Morgan fingerprint density at radius 1 is 1.56 bits per heavy atom. The van der Waals surface area contributed by atoms with E-state index in [2.05, 4.69) is 4.98 Å². The highest BCUT2D eigenvalue weighted by Crippen LogP contribution is 2.27. The Morgan fingerprint density at radius 3 is 2.61 bits per heavy atom. The molecule has 0 aromatic carbocycles. The minimum Gasteiger partial charge on any atom is -0.258 e. The number of nitrogens with zero attached hydrogens (tertiary/aromatic N) is 2. The summed E-state index contributed by atoms with van der Waals surface area (Å²) in [5.41, 5.74) is -0.357. The van der Waals surface area contributed by atoms with Gasteiger partial charge in [-0.05, 0) is 13.3 Å². The van der Waals surface area contributed by atoms with Gasteiger partial charge >= 0.3 is 0 Å². The van der Waals surface area contributed by atoms with Gasteiger partial charge in [-0.15, -0.1) is 11.6 Å². The lowest BCUT2D eigenvalue weighted by Gasteiger charge is -2.11. The second kappa shape index (κ2) is 5.81. The van der Waals surface area contributed by atoms with Gasteiger partial charge in [-0.1, -0.05) is 11.6 Å². The third kappa shape index (κ3) is 3.09. The van der Waals surface area contributed by atoms with Crippen molar-refractivity contribution in [2.45, 2.75) is 23.6 Å². The predicted molar refractivity (Wildman–Crippen MR) is 67.9 cm³/mol. The van der Waals surface area contributed by atoms with Crippen LogP contribution >= 0.6 is 23.2 Å². The molecule has 1 aromatic rings. The number of alkyl halides is 1. The van der Waals surface area contributed by atoms with Gasteiger partial charge in [0, 0.05) is 11.9 Å². The number of halogens is 2. The Morgan fingerprint density at radius 2 is 2.17 bits per heavy atom. The molecule has 100 valence electrons. The van der Waals surface area contributed by atoms with E-state index in [1.165, 1.54) is 6.92 Å². The van der Waals surface area contributed by atoms with E-state index in [9.17, 15) is 18.5 Å². The average Bonchev–Trinajstić information content (AvgIpc) is 2.28. The molecular weight excluding hydrogens is 303 g/mol. The monoisotopic (exact) mass is 312 g/mol. The molecule has 6 nitrogen and oxygen atoms in total. The summed E-state index contributed by atoms with van der Waals surface area (Å²) in [6.45, 7) is 1.48. The van der Waals surface area contributed by atoms with Crippen molar-refractivity contribution in [2.24, 2.45) is 0 Å². The lowest BCUT2D eigenvalue weighted by molar-refractivity contribution is -0.385. The third-order valence-electron chi connectivity index (χ3n) is 2.32. The van der Waals surface area contributed by atoms with Crippen LogP contribution in [0, 0.1) is 10.1 Å². The highest BCUT2D eigenvalue weighted by atomic mass is 35.5. The van der Waals surface area contributed by atoms with E-state index in [1.54, 1.807) is 0 Å². The molecule has 0 amide bonds. The molecule has 0 aliphatic rings. The molecule has 0 radical (unpaired) electrons. The molecule has 0 bridgehead atoms. The summed E-state index contributed by atoms with van der Waals surface area (Å²) >= 11 is 11.2. The van der Waals surface area contributed by atoms with Crippen LogP contribution < -0.4 is 0 Å². The number of sulfone groups is 1. The summed E-state index contributed by atoms with van der Waals surface area (Å²) in [5, 5.41) is 9.13. The van der Waals surface area contributed by atoms with Gasteiger partial charge in [-0.2, -0.15) is 0 Å². The summed E-state index contributed by atoms with van der Waals surface area (Å²) in [6.07, 6.45) is 1.12. The molecule has 1 rings (SSSR count). The van der Waals surface area contributed by atoms with Gasteiger partial charge in [0.1, 0.15) is 6.20 Å². The van der Waals surface area contributed by atoms with Crippen molar-refractivity contribution in [3.05, 3.63) is 27.4 Å². The topological polar surface area (TPSA) is 90.2 Å². The molecule has 1 heterocycles. The average molecular weight is 313 g/mol. The van der Waals surface area contributed by atoms with Crippen molar-refractivity contribution in [3.8, 4) is 0 Å². The normalized spacial score (nSPS) is 13.3. The van der Waals surface area contributed by atoms with E-state index in [0.29, 0.717) is 0 Å². The maximum atomic E-state index is 12.0. The summed E-state index contributed by atoms with van der Waals surface area (Å²) in [5.74, 6) is 0.186. The second-order valence-electron chi connectivity index (χ2n) is 3.57. The minimum atomic E-state index is -3.72. The van der Waals surface area contributed by atoms with Gasteiger partial charge in [0.15, 0.2) is 14.9 Å². The maximum absolute atomic E-state index is 12.0. The first-order valence-electron chi connectivity index (χ1n) is 4.90. The van der Waals surface area contributed by atoms with Crippen molar-refractivity contribution in [1.29, 1.82) is 0 Å². The highest BCUT2D eigenvalue weighted by Gasteiger charge is 2.28. The minimum absolute atomic E-state index is 0.186. The molecule has 1 atom stereocenters. The van der Waals surface area contributed by atoms with Gasteiger partial charge in [0.25, 0.3) is 5.69 Å². The zero-order valence-electron chi connectivity index (χ0n) is 9.34. The number of hydrogen-bond acceptors (Lipinski definition) is 5. The maximum Gasteiger partial charge on any atom is 0.289 e. The van der Waals surface area contributed by atoms with Crippen molar-refractivity contribution in [3.63, 3.8) is 0 Å². The van der Waals surface area contributed by atoms with E-state index in [4.69, 9.17) is 23.2 Å². The molecule has 1 unspecified atom stereocenters. The van der Waals surface area contributed by atoms with Crippen LogP contribution in [0.15, 0.2) is 17.3 Å². The number of aromatic nitrogens is 1. The molecule has 0 fully saturated rings. The lowest BCUT2D eigenvalue weighted by Crippen LogP contribution is -2.20.